The number of hydrogen-bond donors (Lipinski definition) is 1. The maximum Gasteiger partial charge on any atom is 0.497 e. The average Bonchev–Trinajstić information content (AvgIpc) is 2.51. The van der Waals surface area contributed by atoms with Crippen molar-refractivity contribution in [1.82, 2.24) is 0 Å². The lowest BCUT2D eigenvalue weighted by atomic mass is 9.77. The van der Waals surface area contributed by atoms with E-state index in [1.54, 1.807) is 13.0 Å². The van der Waals surface area contributed by atoms with Gasteiger partial charge in [0.2, 0.25) is 0 Å². The smallest absolute Gasteiger partial charge is 0.399 e. The van der Waals surface area contributed by atoms with Gasteiger partial charge in [0, 0.05) is 11.5 Å². The van der Waals surface area contributed by atoms with Crippen molar-refractivity contribution in [2.75, 3.05) is 0 Å². The lowest BCUT2D eigenvalue weighted by molar-refractivity contribution is 0.00578. The van der Waals surface area contributed by atoms with Crippen LogP contribution in [0.4, 0.5) is 4.39 Å². The lowest BCUT2D eigenvalue weighted by Crippen LogP contribution is -2.41. The van der Waals surface area contributed by atoms with Crippen LogP contribution >= 0.6 is 0 Å². The van der Waals surface area contributed by atoms with Crippen LogP contribution in [-0.4, -0.2) is 18.3 Å². The third kappa shape index (κ3) is 2.38. The molecule has 1 aromatic rings. The van der Waals surface area contributed by atoms with Gasteiger partial charge in [0.25, 0.3) is 0 Å². The van der Waals surface area contributed by atoms with Gasteiger partial charge in [0.1, 0.15) is 5.82 Å². The standard InChI is InChI=1S/C15H23BFNO2/c1-9-11(10(2)18)7-8-12(13(9)17)16-19-14(3,4)15(5,6)20-16/h7-8,10H,18H2,1-6H3/t10-/m1/s1. The van der Waals surface area contributed by atoms with Crippen LogP contribution in [0, 0.1) is 12.7 Å². The summed E-state index contributed by atoms with van der Waals surface area (Å²) in [4.78, 5) is 0. The Balaban J connectivity index is 2.39. The van der Waals surface area contributed by atoms with Crippen molar-refractivity contribution in [2.45, 2.75) is 58.8 Å². The SMILES string of the molecule is Cc1c([C@@H](C)N)ccc(B2OC(C)(C)C(C)(C)O2)c1F. The molecule has 1 aliphatic rings. The van der Waals surface area contributed by atoms with Gasteiger partial charge in [-0.15, -0.1) is 0 Å². The highest BCUT2D eigenvalue weighted by Crippen LogP contribution is 2.36. The highest BCUT2D eigenvalue weighted by molar-refractivity contribution is 6.62. The van der Waals surface area contributed by atoms with Crippen LogP contribution in [0.2, 0.25) is 0 Å². The van der Waals surface area contributed by atoms with Crippen molar-refractivity contribution >= 4 is 12.6 Å². The lowest BCUT2D eigenvalue weighted by Gasteiger charge is -2.32. The second kappa shape index (κ2) is 4.83. The Bertz CT molecular complexity index is 513. The highest BCUT2D eigenvalue weighted by atomic mass is 19.1. The monoisotopic (exact) mass is 279 g/mol. The first-order valence-electron chi connectivity index (χ1n) is 6.97. The number of benzene rings is 1. The predicted molar refractivity (Wildman–Crippen MR) is 79.5 cm³/mol. The maximum atomic E-state index is 14.6. The molecule has 1 atom stereocenters. The molecule has 20 heavy (non-hydrogen) atoms. The Morgan fingerprint density at radius 2 is 1.65 bits per heavy atom. The summed E-state index contributed by atoms with van der Waals surface area (Å²) in [5.41, 5.74) is 6.70. The fraction of sp³-hybridized carbons (Fsp3) is 0.600. The minimum absolute atomic E-state index is 0.197. The summed E-state index contributed by atoms with van der Waals surface area (Å²) in [5, 5.41) is 0. The molecule has 0 radical (unpaired) electrons. The normalized spacial score (nSPS) is 22.1. The quantitative estimate of drug-likeness (QED) is 0.846. The third-order valence-electron chi connectivity index (χ3n) is 4.46. The van der Waals surface area contributed by atoms with Crippen LogP contribution in [0.5, 0.6) is 0 Å². The molecule has 1 aromatic carbocycles. The van der Waals surface area contributed by atoms with E-state index >= 15 is 0 Å². The van der Waals surface area contributed by atoms with Crippen LogP contribution in [-0.2, 0) is 9.31 Å². The molecule has 5 heteroatoms. The Labute approximate surface area is 120 Å². The second-order valence-electron chi connectivity index (χ2n) is 6.56. The van der Waals surface area contributed by atoms with Gasteiger partial charge < -0.3 is 15.0 Å². The molecule has 2 N–H and O–H groups in total. The van der Waals surface area contributed by atoms with E-state index in [4.69, 9.17) is 15.0 Å². The first-order valence-corrected chi connectivity index (χ1v) is 6.97. The van der Waals surface area contributed by atoms with Gasteiger partial charge in [-0.3, -0.25) is 0 Å². The van der Waals surface area contributed by atoms with Crippen molar-refractivity contribution < 1.29 is 13.7 Å². The Morgan fingerprint density at radius 3 is 2.10 bits per heavy atom. The van der Waals surface area contributed by atoms with Gasteiger partial charge in [-0.05, 0) is 52.7 Å². The zero-order valence-corrected chi connectivity index (χ0v) is 13.1. The minimum Gasteiger partial charge on any atom is -0.399 e. The zero-order valence-electron chi connectivity index (χ0n) is 13.1. The van der Waals surface area contributed by atoms with E-state index in [0.717, 1.165) is 5.56 Å². The van der Waals surface area contributed by atoms with Crippen LogP contribution in [0.15, 0.2) is 12.1 Å². The Morgan fingerprint density at radius 1 is 1.15 bits per heavy atom. The molecule has 1 heterocycles. The van der Waals surface area contributed by atoms with Crippen LogP contribution in [0.3, 0.4) is 0 Å². The number of nitrogens with two attached hydrogens (primary N) is 1. The summed E-state index contributed by atoms with van der Waals surface area (Å²) < 4.78 is 26.3. The molecule has 1 saturated heterocycles. The van der Waals surface area contributed by atoms with E-state index in [1.165, 1.54) is 0 Å². The van der Waals surface area contributed by atoms with E-state index in [2.05, 4.69) is 0 Å². The Kier molecular flexibility index (Phi) is 3.74. The van der Waals surface area contributed by atoms with E-state index in [1.807, 2.05) is 40.7 Å². The fourth-order valence-electron chi connectivity index (χ4n) is 2.37. The van der Waals surface area contributed by atoms with E-state index < -0.39 is 18.3 Å². The van der Waals surface area contributed by atoms with Crippen LogP contribution in [0.25, 0.3) is 0 Å². The molecule has 2 rings (SSSR count). The van der Waals surface area contributed by atoms with Gasteiger partial charge in [0.05, 0.1) is 11.2 Å². The summed E-state index contributed by atoms with van der Waals surface area (Å²) >= 11 is 0. The highest BCUT2D eigenvalue weighted by Gasteiger charge is 2.52. The Hall–Kier alpha value is -0.905. The molecule has 0 aliphatic carbocycles. The molecular weight excluding hydrogens is 256 g/mol. The maximum absolute atomic E-state index is 14.6. The molecule has 110 valence electrons. The molecule has 0 unspecified atom stereocenters. The second-order valence-corrected chi connectivity index (χ2v) is 6.56. The van der Waals surface area contributed by atoms with Gasteiger partial charge in [-0.1, -0.05) is 12.1 Å². The van der Waals surface area contributed by atoms with E-state index in [9.17, 15) is 4.39 Å². The number of rotatable bonds is 2. The number of hydrogen-bond acceptors (Lipinski definition) is 3. The van der Waals surface area contributed by atoms with Crippen molar-refractivity contribution in [3.8, 4) is 0 Å². The average molecular weight is 279 g/mol. The van der Waals surface area contributed by atoms with Gasteiger partial charge in [-0.2, -0.15) is 0 Å². The zero-order chi connectivity index (χ0) is 15.3. The molecule has 0 bridgehead atoms. The number of halogens is 1. The van der Waals surface area contributed by atoms with Crippen LogP contribution < -0.4 is 11.2 Å². The molecule has 3 nitrogen and oxygen atoms in total. The summed E-state index contributed by atoms with van der Waals surface area (Å²) in [5.74, 6) is -0.293. The topological polar surface area (TPSA) is 44.5 Å². The molecule has 0 aromatic heterocycles. The van der Waals surface area contributed by atoms with Crippen LogP contribution in [0.1, 0.15) is 51.8 Å². The molecule has 1 aliphatic heterocycles. The van der Waals surface area contributed by atoms with Crippen molar-refractivity contribution in [3.63, 3.8) is 0 Å². The molecule has 0 spiro atoms. The first-order chi connectivity index (χ1) is 9.07. The van der Waals surface area contributed by atoms with Crippen molar-refractivity contribution in [1.29, 1.82) is 0 Å². The summed E-state index contributed by atoms with van der Waals surface area (Å²) in [7, 11) is -0.680. The largest absolute Gasteiger partial charge is 0.497 e. The predicted octanol–water partition coefficient (Wildman–Crippen LogP) is 2.45. The third-order valence-corrected chi connectivity index (χ3v) is 4.46. The molecule has 1 fully saturated rings. The first kappa shape index (κ1) is 15.5. The van der Waals surface area contributed by atoms with Gasteiger partial charge >= 0.3 is 7.12 Å². The molecular formula is C15H23BFNO2. The summed E-state index contributed by atoms with van der Waals surface area (Å²) in [6.45, 7) is 11.4. The molecule has 0 saturated carbocycles. The summed E-state index contributed by atoms with van der Waals surface area (Å²) in [6, 6.07) is 3.36. The van der Waals surface area contributed by atoms with Gasteiger partial charge in [-0.25, -0.2) is 4.39 Å². The minimum atomic E-state index is -0.680. The van der Waals surface area contributed by atoms with Gasteiger partial charge in [0.15, 0.2) is 0 Å². The fourth-order valence-corrected chi connectivity index (χ4v) is 2.37. The van der Waals surface area contributed by atoms with Crippen molar-refractivity contribution in [3.05, 3.63) is 29.1 Å². The van der Waals surface area contributed by atoms with E-state index in [0.29, 0.717) is 11.0 Å². The van der Waals surface area contributed by atoms with E-state index in [-0.39, 0.29) is 11.9 Å². The molecule has 0 amide bonds. The summed E-state index contributed by atoms with van der Waals surface area (Å²) in [6.07, 6.45) is 0. The van der Waals surface area contributed by atoms with Crippen molar-refractivity contribution in [2.24, 2.45) is 5.73 Å².